The van der Waals surface area contributed by atoms with E-state index in [1.165, 1.54) is 0 Å². The summed E-state index contributed by atoms with van der Waals surface area (Å²) >= 11 is 0. The van der Waals surface area contributed by atoms with Gasteiger partial charge in [0.05, 0.1) is 12.5 Å². The van der Waals surface area contributed by atoms with Crippen molar-refractivity contribution in [1.29, 1.82) is 0 Å². The van der Waals surface area contributed by atoms with Crippen LogP contribution >= 0.6 is 0 Å². The average Bonchev–Trinajstić information content (AvgIpc) is 1.64. The number of hydrogen-bond donors (Lipinski definition) is 0. The first-order valence-corrected chi connectivity index (χ1v) is 2.76. The Morgan fingerprint density at radius 3 is 3.00 bits per heavy atom. The fourth-order valence-electron chi connectivity index (χ4n) is 0.731. The molecule has 0 aromatic rings. The van der Waals surface area contributed by atoms with E-state index in [9.17, 15) is 4.79 Å². The number of hydrogen-bond acceptors (Lipinski definition) is 2. The van der Waals surface area contributed by atoms with Crippen LogP contribution in [0.2, 0.25) is 0 Å². The predicted molar refractivity (Wildman–Crippen MR) is 29.3 cm³/mol. The van der Waals surface area contributed by atoms with E-state index in [0.717, 1.165) is 0 Å². The van der Waals surface area contributed by atoms with E-state index >= 15 is 0 Å². The number of ketones is 1. The van der Waals surface area contributed by atoms with Crippen LogP contribution in [0.5, 0.6) is 0 Å². The Kier molecular flexibility index (Phi) is 1.53. The minimum atomic E-state index is 0.132. The second kappa shape index (κ2) is 2.18. The summed E-state index contributed by atoms with van der Waals surface area (Å²) in [6.45, 7) is 2.41. The fourth-order valence-corrected chi connectivity index (χ4v) is 0.731. The zero-order valence-electron chi connectivity index (χ0n) is 4.89. The van der Waals surface area contributed by atoms with Crippen LogP contribution < -0.4 is 0 Å². The van der Waals surface area contributed by atoms with Crippen molar-refractivity contribution in [3.05, 3.63) is 6.42 Å². The summed E-state index contributed by atoms with van der Waals surface area (Å²) in [5.41, 5.74) is 0. The number of rotatable bonds is 0. The van der Waals surface area contributed by atoms with E-state index in [-0.39, 0.29) is 11.9 Å². The van der Waals surface area contributed by atoms with Crippen molar-refractivity contribution < 1.29 is 9.53 Å². The van der Waals surface area contributed by atoms with Gasteiger partial charge < -0.3 is 4.74 Å². The maximum atomic E-state index is 10.5. The lowest BCUT2D eigenvalue weighted by Crippen LogP contribution is -2.23. The van der Waals surface area contributed by atoms with Crippen LogP contribution in [0.3, 0.4) is 0 Å². The molecule has 0 N–H and O–H groups in total. The van der Waals surface area contributed by atoms with E-state index in [1.54, 1.807) is 6.42 Å². The zero-order chi connectivity index (χ0) is 5.98. The zero-order valence-corrected chi connectivity index (χ0v) is 4.89. The summed E-state index contributed by atoms with van der Waals surface area (Å²) < 4.78 is 5.07. The molecule has 0 aromatic heterocycles. The second-order valence-electron chi connectivity index (χ2n) is 2.02. The predicted octanol–water partition coefficient (Wildman–Crippen LogP) is 0.569. The van der Waals surface area contributed by atoms with Gasteiger partial charge >= 0.3 is 5.78 Å². The molecule has 0 saturated carbocycles. The standard InChI is InChI=1S/C6H9O2/c1-5-4-6(7)2-3-8-5/h2,5H,3-4H2,1H3/q+1. The summed E-state index contributed by atoms with van der Waals surface area (Å²) in [4.78, 5) is 10.5. The highest BCUT2D eigenvalue weighted by molar-refractivity contribution is 5.87. The topological polar surface area (TPSA) is 26.3 Å². The van der Waals surface area contributed by atoms with E-state index < -0.39 is 0 Å². The molecule has 1 rings (SSSR count). The van der Waals surface area contributed by atoms with Gasteiger partial charge in [-0.1, -0.05) is 0 Å². The van der Waals surface area contributed by atoms with Crippen molar-refractivity contribution in [2.24, 2.45) is 0 Å². The molecule has 1 aliphatic rings. The fraction of sp³-hybridized carbons (Fsp3) is 0.667. The molecule has 8 heavy (non-hydrogen) atoms. The van der Waals surface area contributed by atoms with Crippen molar-refractivity contribution in [3.63, 3.8) is 0 Å². The highest BCUT2D eigenvalue weighted by Crippen LogP contribution is 2.06. The third kappa shape index (κ3) is 1.23. The molecule has 0 bridgehead atoms. The first-order valence-electron chi connectivity index (χ1n) is 2.76. The van der Waals surface area contributed by atoms with Crippen LogP contribution in [-0.2, 0) is 9.53 Å². The van der Waals surface area contributed by atoms with Crippen LogP contribution in [0.1, 0.15) is 13.3 Å². The van der Waals surface area contributed by atoms with Gasteiger partial charge in [0.1, 0.15) is 0 Å². The lowest BCUT2D eigenvalue weighted by atomic mass is 10.1. The van der Waals surface area contributed by atoms with E-state index in [4.69, 9.17) is 4.74 Å². The van der Waals surface area contributed by atoms with Gasteiger partial charge in [0.15, 0.2) is 13.0 Å². The van der Waals surface area contributed by atoms with Crippen molar-refractivity contribution in [2.75, 3.05) is 6.61 Å². The van der Waals surface area contributed by atoms with Gasteiger partial charge in [-0.15, -0.1) is 0 Å². The summed E-state index contributed by atoms with van der Waals surface area (Å²) in [6, 6.07) is 0. The molecule has 1 fully saturated rings. The van der Waals surface area contributed by atoms with Crippen LogP contribution in [0.25, 0.3) is 0 Å². The molecule has 0 spiro atoms. The third-order valence-electron chi connectivity index (χ3n) is 1.18. The molecule has 0 radical (unpaired) electrons. The smallest absolute Gasteiger partial charge is 0.311 e. The molecule has 1 aliphatic heterocycles. The summed E-state index contributed by atoms with van der Waals surface area (Å²) in [5.74, 6) is 0.212. The van der Waals surface area contributed by atoms with Crippen LogP contribution in [0.15, 0.2) is 0 Å². The van der Waals surface area contributed by atoms with Crippen LogP contribution in [-0.4, -0.2) is 18.5 Å². The van der Waals surface area contributed by atoms with Gasteiger partial charge in [-0.2, -0.15) is 0 Å². The molecule has 0 amide bonds. The monoisotopic (exact) mass is 113 g/mol. The minimum absolute atomic E-state index is 0.132. The first kappa shape index (κ1) is 5.63. The highest BCUT2D eigenvalue weighted by atomic mass is 16.5. The van der Waals surface area contributed by atoms with Gasteiger partial charge in [-0.3, -0.25) is 0 Å². The molecule has 1 unspecified atom stereocenters. The van der Waals surface area contributed by atoms with Gasteiger partial charge in [-0.25, -0.2) is 4.79 Å². The molecule has 0 aromatic carbocycles. The van der Waals surface area contributed by atoms with E-state index in [0.29, 0.717) is 13.0 Å². The number of carbonyl (C=O) groups is 1. The normalized spacial score (nSPS) is 29.6. The number of ether oxygens (including phenoxy) is 1. The van der Waals surface area contributed by atoms with Crippen molar-refractivity contribution in [1.82, 2.24) is 0 Å². The largest absolute Gasteiger partial charge is 0.336 e. The lowest BCUT2D eigenvalue weighted by Gasteiger charge is -2.09. The molecular weight excluding hydrogens is 104 g/mol. The molecule has 44 valence electrons. The van der Waals surface area contributed by atoms with Gasteiger partial charge in [-0.05, 0) is 6.92 Å². The Hall–Kier alpha value is -0.500. The Bertz CT molecular complexity index is 98.7. The molecule has 0 aliphatic carbocycles. The van der Waals surface area contributed by atoms with Gasteiger partial charge in [0, 0.05) is 0 Å². The maximum Gasteiger partial charge on any atom is 0.311 e. The van der Waals surface area contributed by atoms with Crippen molar-refractivity contribution in [2.45, 2.75) is 19.4 Å². The average molecular weight is 113 g/mol. The summed E-state index contributed by atoms with van der Waals surface area (Å²) in [7, 11) is 0. The quantitative estimate of drug-likeness (QED) is 0.429. The summed E-state index contributed by atoms with van der Waals surface area (Å²) in [6.07, 6.45) is 2.27. The van der Waals surface area contributed by atoms with E-state index in [2.05, 4.69) is 0 Å². The Labute approximate surface area is 48.8 Å². The second-order valence-corrected chi connectivity index (χ2v) is 2.02. The van der Waals surface area contributed by atoms with E-state index in [1.807, 2.05) is 6.92 Å². The van der Waals surface area contributed by atoms with Gasteiger partial charge in [0.2, 0.25) is 0 Å². The summed E-state index contributed by atoms with van der Waals surface area (Å²) in [5, 5.41) is 0. The van der Waals surface area contributed by atoms with Crippen molar-refractivity contribution in [3.8, 4) is 0 Å². The molecule has 2 nitrogen and oxygen atoms in total. The molecule has 1 atom stereocenters. The third-order valence-corrected chi connectivity index (χ3v) is 1.18. The van der Waals surface area contributed by atoms with Crippen molar-refractivity contribution >= 4 is 5.78 Å². The minimum Gasteiger partial charge on any atom is -0.336 e. The Morgan fingerprint density at radius 2 is 2.62 bits per heavy atom. The van der Waals surface area contributed by atoms with Crippen LogP contribution in [0, 0.1) is 6.42 Å². The Balaban J connectivity index is 2.34. The van der Waals surface area contributed by atoms with Crippen LogP contribution in [0.4, 0.5) is 0 Å². The number of carbonyl (C=O) groups excluding carboxylic acids is 1. The molecule has 1 heterocycles. The molecule has 2 heteroatoms. The lowest BCUT2D eigenvalue weighted by molar-refractivity contribution is -0.122. The molecular formula is C6H9O2+. The maximum absolute atomic E-state index is 10.5. The molecule has 1 saturated heterocycles. The Morgan fingerprint density at radius 1 is 1.88 bits per heavy atom. The van der Waals surface area contributed by atoms with Gasteiger partial charge in [0.25, 0.3) is 0 Å². The number of Topliss-reactive ketones (excluding diaryl/α,β-unsaturated/α-hetero) is 1. The highest BCUT2D eigenvalue weighted by Gasteiger charge is 2.23. The SMILES string of the molecule is CC1CC(=O)[CH+]CO1. The first-order chi connectivity index (χ1) is 3.79.